The molecular weight excluding hydrogens is 378 g/mol. The molecule has 0 aliphatic carbocycles. The molecule has 0 radical (unpaired) electrons. The average Bonchev–Trinajstić information content (AvgIpc) is 2.74. The molecule has 0 spiro atoms. The van der Waals surface area contributed by atoms with Crippen LogP contribution in [0, 0.1) is 0 Å². The molecule has 0 unspecified atom stereocenters. The first-order chi connectivity index (χ1) is 13.5. The Labute approximate surface area is 166 Å². The number of amides is 1. The number of carbonyl (C=O) groups excluding carboxylic acids is 1. The lowest BCUT2D eigenvalue weighted by Crippen LogP contribution is -2.48. The number of ether oxygens (including phenoxy) is 1. The number of piperazine rings is 1. The fourth-order valence-electron chi connectivity index (χ4n) is 3.24. The van der Waals surface area contributed by atoms with Gasteiger partial charge in [-0.05, 0) is 44.3 Å². The number of nitrogens with one attached hydrogen (secondary N) is 1. The van der Waals surface area contributed by atoms with E-state index in [0.29, 0.717) is 38.3 Å². The molecule has 1 saturated heterocycles. The molecule has 0 atom stereocenters. The van der Waals surface area contributed by atoms with Crippen molar-refractivity contribution in [3.8, 4) is 5.75 Å². The predicted molar refractivity (Wildman–Crippen MR) is 108 cm³/mol. The number of carbonyl (C=O) groups is 1. The van der Waals surface area contributed by atoms with Gasteiger partial charge in [0, 0.05) is 31.7 Å². The van der Waals surface area contributed by atoms with E-state index in [2.05, 4.69) is 9.62 Å². The largest absolute Gasteiger partial charge is 0.492 e. The van der Waals surface area contributed by atoms with Gasteiger partial charge in [0.15, 0.2) is 0 Å². The quantitative estimate of drug-likeness (QED) is 0.798. The monoisotopic (exact) mass is 403 g/mol. The lowest BCUT2D eigenvalue weighted by atomic mass is 10.1. The maximum absolute atomic E-state index is 12.8. The van der Waals surface area contributed by atoms with Crippen LogP contribution in [0.2, 0.25) is 0 Å². The maximum atomic E-state index is 12.8. The van der Waals surface area contributed by atoms with E-state index in [1.807, 2.05) is 31.2 Å². The highest BCUT2D eigenvalue weighted by Crippen LogP contribution is 2.29. The van der Waals surface area contributed by atoms with Gasteiger partial charge in [-0.15, -0.1) is 0 Å². The molecule has 2 aromatic carbocycles. The van der Waals surface area contributed by atoms with E-state index in [4.69, 9.17) is 4.74 Å². The van der Waals surface area contributed by atoms with Crippen LogP contribution in [-0.4, -0.2) is 59.1 Å². The summed E-state index contributed by atoms with van der Waals surface area (Å²) in [5, 5.41) is 0. The molecule has 0 bridgehead atoms. The van der Waals surface area contributed by atoms with E-state index in [9.17, 15) is 13.2 Å². The SMILES string of the molecule is CCOc1ccccc1N1CCN(C(=O)c2cccc(S(=O)(=O)NC)c2)CC1. The van der Waals surface area contributed by atoms with E-state index < -0.39 is 10.0 Å². The number of rotatable bonds is 6. The minimum absolute atomic E-state index is 0.0881. The van der Waals surface area contributed by atoms with Gasteiger partial charge < -0.3 is 14.5 Å². The van der Waals surface area contributed by atoms with Crippen LogP contribution < -0.4 is 14.4 Å². The van der Waals surface area contributed by atoms with E-state index in [0.717, 1.165) is 11.4 Å². The zero-order valence-electron chi connectivity index (χ0n) is 16.1. The summed E-state index contributed by atoms with van der Waals surface area (Å²) in [6.45, 7) is 5.04. The predicted octanol–water partition coefficient (Wildman–Crippen LogP) is 1.96. The number of hydrogen-bond donors (Lipinski definition) is 1. The molecule has 150 valence electrons. The normalized spacial score (nSPS) is 14.8. The van der Waals surface area contributed by atoms with Crippen LogP contribution in [0.5, 0.6) is 5.75 Å². The summed E-state index contributed by atoms with van der Waals surface area (Å²) in [6, 6.07) is 14.0. The second-order valence-corrected chi connectivity index (χ2v) is 8.30. The van der Waals surface area contributed by atoms with Gasteiger partial charge >= 0.3 is 0 Å². The van der Waals surface area contributed by atoms with Gasteiger partial charge in [-0.1, -0.05) is 18.2 Å². The molecule has 0 aromatic heterocycles. The minimum Gasteiger partial charge on any atom is -0.492 e. The highest BCUT2D eigenvalue weighted by molar-refractivity contribution is 7.89. The Morgan fingerprint density at radius 2 is 1.79 bits per heavy atom. The summed E-state index contributed by atoms with van der Waals surface area (Å²) in [5.74, 6) is 0.681. The smallest absolute Gasteiger partial charge is 0.254 e. The van der Waals surface area contributed by atoms with Crippen LogP contribution in [0.25, 0.3) is 0 Å². The molecule has 1 fully saturated rings. The van der Waals surface area contributed by atoms with E-state index in [1.165, 1.54) is 19.2 Å². The molecule has 2 aromatic rings. The summed E-state index contributed by atoms with van der Waals surface area (Å²) in [4.78, 5) is 16.9. The Bertz CT molecular complexity index is 938. The van der Waals surface area contributed by atoms with E-state index in [-0.39, 0.29) is 10.8 Å². The summed E-state index contributed by atoms with van der Waals surface area (Å²) in [5.41, 5.74) is 1.40. The molecule has 1 heterocycles. The van der Waals surface area contributed by atoms with Gasteiger partial charge in [-0.25, -0.2) is 13.1 Å². The molecule has 3 rings (SSSR count). The van der Waals surface area contributed by atoms with Crippen LogP contribution >= 0.6 is 0 Å². The Kier molecular flexibility index (Phi) is 6.21. The van der Waals surface area contributed by atoms with Crippen molar-refractivity contribution in [1.29, 1.82) is 0 Å². The lowest BCUT2D eigenvalue weighted by molar-refractivity contribution is 0.0746. The van der Waals surface area contributed by atoms with Crippen molar-refractivity contribution in [2.45, 2.75) is 11.8 Å². The van der Waals surface area contributed by atoms with Crippen molar-refractivity contribution < 1.29 is 17.9 Å². The number of benzene rings is 2. The average molecular weight is 404 g/mol. The van der Waals surface area contributed by atoms with Gasteiger partial charge in [0.25, 0.3) is 5.91 Å². The van der Waals surface area contributed by atoms with Crippen molar-refractivity contribution in [2.24, 2.45) is 0 Å². The number of anilines is 1. The topological polar surface area (TPSA) is 79.0 Å². The van der Waals surface area contributed by atoms with Gasteiger partial charge in [-0.3, -0.25) is 4.79 Å². The highest BCUT2D eigenvalue weighted by atomic mass is 32.2. The summed E-state index contributed by atoms with van der Waals surface area (Å²) in [6.07, 6.45) is 0. The van der Waals surface area contributed by atoms with Gasteiger partial charge in [0.2, 0.25) is 10.0 Å². The van der Waals surface area contributed by atoms with Crippen LogP contribution in [-0.2, 0) is 10.0 Å². The molecule has 7 nitrogen and oxygen atoms in total. The molecule has 28 heavy (non-hydrogen) atoms. The standard InChI is InChI=1S/C20H25N3O4S/c1-3-27-19-10-5-4-9-18(19)22-11-13-23(14-12-22)20(24)16-7-6-8-17(15-16)28(25,26)21-2/h4-10,15,21H,3,11-14H2,1-2H3. The highest BCUT2D eigenvalue weighted by Gasteiger charge is 2.24. The summed E-state index contributed by atoms with van der Waals surface area (Å²) in [7, 11) is -2.23. The van der Waals surface area contributed by atoms with Crippen LogP contribution in [0.1, 0.15) is 17.3 Å². The zero-order valence-corrected chi connectivity index (χ0v) is 16.9. The Morgan fingerprint density at radius 1 is 1.07 bits per heavy atom. The zero-order chi connectivity index (χ0) is 20.1. The third-order valence-electron chi connectivity index (χ3n) is 4.73. The van der Waals surface area contributed by atoms with E-state index >= 15 is 0 Å². The van der Waals surface area contributed by atoms with Crippen LogP contribution in [0.4, 0.5) is 5.69 Å². The fourth-order valence-corrected chi connectivity index (χ4v) is 4.02. The summed E-state index contributed by atoms with van der Waals surface area (Å²) >= 11 is 0. The first-order valence-electron chi connectivity index (χ1n) is 9.26. The fraction of sp³-hybridized carbons (Fsp3) is 0.350. The third-order valence-corrected chi connectivity index (χ3v) is 6.14. The number of para-hydroxylation sites is 2. The molecule has 1 amide bonds. The van der Waals surface area contributed by atoms with E-state index in [1.54, 1.807) is 17.0 Å². The van der Waals surface area contributed by atoms with Crippen molar-refractivity contribution in [3.63, 3.8) is 0 Å². The first kappa shape index (κ1) is 20.2. The second-order valence-electron chi connectivity index (χ2n) is 6.42. The molecule has 8 heteroatoms. The number of nitrogens with zero attached hydrogens (tertiary/aromatic N) is 2. The van der Waals surface area contributed by atoms with Crippen LogP contribution in [0.3, 0.4) is 0 Å². The van der Waals surface area contributed by atoms with Crippen LogP contribution in [0.15, 0.2) is 53.4 Å². The maximum Gasteiger partial charge on any atom is 0.254 e. The Hall–Kier alpha value is -2.58. The van der Waals surface area contributed by atoms with Gasteiger partial charge in [0.05, 0.1) is 17.2 Å². The van der Waals surface area contributed by atoms with Crippen molar-refractivity contribution in [3.05, 3.63) is 54.1 Å². The van der Waals surface area contributed by atoms with Gasteiger partial charge in [-0.2, -0.15) is 0 Å². The lowest BCUT2D eigenvalue weighted by Gasteiger charge is -2.36. The minimum atomic E-state index is -3.58. The molecule has 1 N–H and O–H groups in total. The second kappa shape index (κ2) is 8.62. The Morgan fingerprint density at radius 3 is 2.46 bits per heavy atom. The molecule has 1 aliphatic heterocycles. The molecule has 1 aliphatic rings. The first-order valence-corrected chi connectivity index (χ1v) is 10.7. The summed E-state index contributed by atoms with van der Waals surface area (Å²) < 4.78 is 31.9. The number of hydrogen-bond acceptors (Lipinski definition) is 5. The number of sulfonamides is 1. The molecular formula is C20H25N3O4S. The van der Waals surface area contributed by atoms with Gasteiger partial charge in [0.1, 0.15) is 5.75 Å². The Balaban J connectivity index is 1.70. The molecule has 0 saturated carbocycles. The van der Waals surface area contributed by atoms with Crippen molar-refractivity contribution >= 4 is 21.6 Å². The van der Waals surface area contributed by atoms with Crippen molar-refractivity contribution in [1.82, 2.24) is 9.62 Å². The third kappa shape index (κ3) is 4.28. The van der Waals surface area contributed by atoms with Crippen molar-refractivity contribution in [2.75, 3.05) is 44.7 Å².